The van der Waals surface area contributed by atoms with Crippen LogP contribution in [0.3, 0.4) is 0 Å². The predicted octanol–water partition coefficient (Wildman–Crippen LogP) is 3.27. The van der Waals surface area contributed by atoms with Gasteiger partial charge in [0.05, 0.1) is 0 Å². The molecule has 0 aliphatic carbocycles. The summed E-state index contributed by atoms with van der Waals surface area (Å²) in [7, 11) is 0. The molecule has 0 aliphatic heterocycles. The van der Waals surface area contributed by atoms with E-state index in [1.165, 1.54) is 0 Å². The average molecular weight is 315 g/mol. The number of thiol groups is 1. The molecule has 0 aromatic heterocycles. The maximum absolute atomic E-state index is 11.8. The molecule has 2 aromatic rings. The van der Waals surface area contributed by atoms with Crippen LogP contribution in [0.5, 0.6) is 0 Å². The fourth-order valence-corrected chi connectivity index (χ4v) is 2.13. The van der Waals surface area contributed by atoms with E-state index in [2.05, 4.69) is 17.9 Å². The first kappa shape index (κ1) is 16.1. The van der Waals surface area contributed by atoms with Crippen LogP contribution < -0.4 is 5.32 Å². The van der Waals surface area contributed by atoms with Crippen molar-refractivity contribution in [2.45, 2.75) is 25.3 Å². The van der Waals surface area contributed by atoms with E-state index in [0.29, 0.717) is 5.69 Å². The number of aryl methyl sites for hydroxylation is 2. The number of benzene rings is 2. The van der Waals surface area contributed by atoms with Crippen molar-refractivity contribution in [3.05, 3.63) is 59.2 Å². The normalized spacial score (nSPS) is 10.1. The number of hydrogen-bond donors (Lipinski definition) is 2. The minimum Gasteiger partial charge on any atom is -0.454 e. The Morgan fingerprint density at radius 2 is 1.68 bits per heavy atom. The van der Waals surface area contributed by atoms with E-state index in [4.69, 9.17) is 4.74 Å². The molecule has 22 heavy (non-hydrogen) atoms. The maximum atomic E-state index is 11.8. The number of nitrogens with one attached hydrogen (secondary N) is 1. The summed E-state index contributed by atoms with van der Waals surface area (Å²) in [4.78, 5) is 24.4. The summed E-state index contributed by atoms with van der Waals surface area (Å²) in [5.74, 6) is -1.70. The van der Waals surface area contributed by atoms with Gasteiger partial charge in [-0.05, 0) is 42.7 Å². The van der Waals surface area contributed by atoms with Crippen LogP contribution in [0, 0.1) is 13.8 Å². The molecule has 0 radical (unpaired) electrons. The van der Waals surface area contributed by atoms with Crippen molar-refractivity contribution in [1.29, 1.82) is 0 Å². The van der Waals surface area contributed by atoms with Gasteiger partial charge in [-0.1, -0.05) is 30.3 Å². The molecule has 0 saturated heterocycles. The fourth-order valence-electron chi connectivity index (χ4n) is 2.00. The number of rotatable bonds is 3. The lowest BCUT2D eigenvalue weighted by atomic mass is 10.1. The molecule has 2 rings (SSSR count). The molecule has 0 saturated carbocycles. The highest BCUT2D eigenvalue weighted by Crippen LogP contribution is 2.22. The summed E-state index contributed by atoms with van der Waals surface area (Å²) in [6.45, 7) is 3.85. The van der Waals surface area contributed by atoms with E-state index in [-0.39, 0.29) is 6.61 Å². The second kappa shape index (κ2) is 7.13. The van der Waals surface area contributed by atoms with Gasteiger partial charge in [0.1, 0.15) is 6.61 Å². The van der Waals surface area contributed by atoms with Crippen LogP contribution in [0.25, 0.3) is 0 Å². The molecular formula is C17H17NO3S. The predicted molar refractivity (Wildman–Crippen MR) is 88.0 cm³/mol. The highest BCUT2D eigenvalue weighted by atomic mass is 32.1. The van der Waals surface area contributed by atoms with Gasteiger partial charge in [0.15, 0.2) is 0 Å². The Hall–Kier alpha value is -2.27. The third-order valence-corrected chi connectivity index (χ3v) is 3.85. The van der Waals surface area contributed by atoms with Gasteiger partial charge in [-0.3, -0.25) is 4.79 Å². The number of anilines is 1. The molecule has 1 amide bonds. The molecule has 0 spiro atoms. The van der Waals surface area contributed by atoms with Crippen molar-refractivity contribution in [3.63, 3.8) is 0 Å². The zero-order chi connectivity index (χ0) is 16.1. The maximum Gasteiger partial charge on any atom is 0.397 e. The van der Waals surface area contributed by atoms with Gasteiger partial charge in [-0.15, -0.1) is 12.6 Å². The van der Waals surface area contributed by atoms with Gasteiger partial charge in [0.25, 0.3) is 0 Å². The first-order valence-corrected chi connectivity index (χ1v) is 7.24. The molecule has 0 unspecified atom stereocenters. The number of esters is 1. The summed E-state index contributed by atoms with van der Waals surface area (Å²) in [5, 5.41) is 2.54. The summed E-state index contributed by atoms with van der Waals surface area (Å²) in [5.41, 5.74) is 3.23. The third kappa shape index (κ3) is 4.11. The van der Waals surface area contributed by atoms with E-state index in [1.54, 1.807) is 12.1 Å². The minimum atomic E-state index is -0.908. The second-order valence-corrected chi connectivity index (χ2v) is 5.42. The van der Waals surface area contributed by atoms with Crippen LogP contribution in [-0.2, 0) is 20.9 Å². The third-order valence-electron chi connectivity index (χ3n) is 3.15. The SMILES string of the molecule is Cc1cc(NC(=O)C(=O)OCc2ccccc2)cc(C)c1S. The van der Waals surface area contributed by atoms with Crippen molar-refractivity contribution >= 4 is 30.2 Å². The summed E-state index contributed by atoms with van der Waals surface area (Å²) in [6.07, 6.45) is 0. The van der Waals surface area contributed by atoms with Crippen molar-refractivity contribution in [2.75, 3.05) is 5.32 Å². The molecule has 2 aromatic carbocycles. The zero-order valence-electron chi connectivity index (χ0n) is 12.4. The van der Waals surface area contributed by atoms with Crippen LogP contribution in [0.15, 0.2) is 47.4 Å². The Morgan fingerprint density at radius 1 is 1.09 bits per heavy atom. The molecule has 114 valence electrons. The van der Waals surface area contributed by atoms with Crippen molar-refractivity contribution in [1.82, 2.24) is 0 Å². The Morgan fingerprint density at radius 3 is 2.27 bits per heavy atom. The molecule has 0 heterocycles. The molecule has 0 aliphatic rings. The highest BCUT2D eigenvalue weighted by molar-refractivity contribution is 7.80. The quantitative estimate of drug-likeness (QED) is 0.519. The van der Waals surface area contributed by atoms with Crippen LogP contribution in [0.2, 0.25) is 0 Å². The highest BCUT2D eigenvalue weighted by Gasteiger charge is 2.16. The van der Waals surface area contributed by atoms with Crippen molar-refractivity contribution < 1.29 is 14.3 Å². The number of amides is 1. The van der Waals surface area contributed by atoms with E-state index in [9.17, 15) is 9.59 Å². The Kier molecular flexibility index (Phi) is 5.22. The lowest BCUT2D eigenvalue weighted by Gasteiger charge is -2.10. The lowest BCUT2D eigenvalue weighted by Crippen LogP contribution is -2.25. The van der Waals surface area contributed by atoms with Crippen LogP contribution in [0.4, 0.5) is 5.69 Å². The van der Waals surface area contributed by atoms with Gasteiger partial charge in [-0.25, -0.2) is 4.79 Å². The average Bonchev–Trinajstić information content (AvgIpc) is 2.51. The van der Waals surface area contributed by atoms with Crippen LogP contribution >= 0.6 is 12.6 Å². The van der Waals surface area contributed by atoms with Crippen molar-refractivity contribution in [3.8, 4) is 0 Å². The van der Waals surface area contributed by atoms with Crippen LogP contribution in [-0.4, -0.2) is 11.9 Å². The van der Waals surface area contributed by atoms with E-state index >= 15 is 0 Å². The van der Waals surface area contributed by atoms with Gasteiger partial charge in [0.2, 0.25) is 0 Å². The topological polar surface area (TPSA) is 55.4 Å². The van der Waals surface area contributed by atoms with Gasteiger partial charge in [-0.2, -0.15) is 0 Å². The molecular weight excluding hydrogens is 298 g/mol. The Labute approximate surface area is 134 Å². The van der Waals surface area contributed by atoms with E-state index < -0.39 is 11.9 Å². The summed E-state index contributed by atoms with van der Waals surface area (Å²) < 4.78 is 4.98. The van der Waals surface area contributed by atoms with Gasteiger partial charge in [0, 0.05) is 10.6 Å². The smallest absolute Gasteiger partial charge is 0.397 e. The lowest BCUT2D eigenvalue weighted by molar-refractivity contribution is -0.153. The zero-order valence-corrected chi connectivity index (χ0v) is 13.3. The van der Waals surface area contributed by atoms with Crippen LogP contribution in [0.1, 0.15) is 16.7 Å². The molecule has 4 nitrogen and oxygen atoms in total. The van der Waals surface area contributed by atoms with Gasteiger partial charge >= 0.3 is 11.9 Å². The van der Waals surface area contributed by atoms with Gasteiger partial charge < -0.3 is 10.1 Å². The molecule has 0 bridgehead atoms. The first-order valence-electron chi connectivity index (χ1n) is 6.79. The number of carbonyl (C=O) groups excluding carboxylic acids is 2. The fraction of sp³-hybridized carbons (Fsp3) is 0.176. The van der Waals surface area contributed by atoms with E-state index in [0.717, 1.165) is 21.6 Å². The summed E-state index contributed by atoms with van der Waals surface area (Å²) >= 11 is 4.36. The molecule has 0 atom stereocenters. The number of hydrogen-bond acceptors (Lipinski definition) is 4. The largest absolute Gasteiger partial charge is 0.454 e. The van der Waals surface area contributed by atoms with E-state index in [1.807, 2.05) is 44.2 Å². The Bertz CT molecular complexity index is 675. The Balaban J connectivity index is 1.95. The second-order valence-electron chi connectivity index (χ2n) is 4.97. The first-order chi connectivity index (χ1) is 10.5. The molecule has 1 N–H and O–H groups in total. The van der Waals surface area contributed by atoms with Crippen molar-refractivity contribution in [2.24, 2.45) is 0 Å². The minimum absolute atomic E-state index is 0.0702. The number of ether oxygens (including phenoxy) is 1. The summed E-state index contributed by atoms with van der Waals surface area (Å²) in [6, 6.07) is 12.7. The number of carbonyl (C=O) groups is 2. The standard InChI is InChI=1S/C17H17NO3S/c1-11-8-14(9-12(2)15(11)22)18-16(19)17(20)21-10-13-6-4-3-5-7-13/h3-9,22H,10H2,1-2H3,(H,18,19). The molecule has 5 heteroatoms. The molecule has 0 fully saturated rings. The monoisotopic (exact) mass is 315 g/mol.